The number of benzene rings is 1. The minimum Gasteiger partial charge on any atom is -0.506 e. The minimum atomic E-state index is -0.0110. The lowest BCUT2D eigenvalue weighted by Gasteiger charge is -2.14. The summed E-state index contributed by atoms with van der Waals surface area (Å²) in [7, 11) is 1.52. The fourth-order valence-corrected chi connectivity index (χ4v) is 1.18. The van der Waals surface area contributed by atoms with Crippen LogP contribution in [0.1, 0.15) is 13.8 Å². The van der Waals surface area contributed by atoms with Crippen molar-refractivity contribution >= 4 is 11.6 Å². The van der Waals surface area contributed by atoms with Crippen molar-refractivity contribution in [2.24, 2.45) is 0 Å². The summed E-state index contributed by atoms with van der Waals surface area (Å²) in [5, 5.41) is 9.61. The van der Waals surface area contributed by atoms with E-state index in [1.807, 2.05) is 13.8 Å². The van der Waals surface area contributed by atoms with Crippen molar-refractivity contribution in [2.45, 2.75) is 20.0 Å². The molecule has 0 amide bonds. The molecule has 0 bridgehead atoms. The van der Waals surface area contributed by atoms with E-state index in [0.717, 1.165) is 0 Å². The minimum absolute atomic E-state index is 0.0110. The SMILES string of the molecule is COc1cc(Cl)c(O)cc1OC(C)C. The lowest BCUT2D eigenvalue weighted by Crippen LogP contribution is -2.06. The van der Waals surface area contributed by atoms with Crippen molar-refractivity contribution in [3.8, 4) is 17.2 Å². The van der Waals surface area contributed by atoms with Gasteiger partial charge in [0.05, 0.1) is 18.2 Å². The molecule has 4 heteroatoms. The quantitative estimate of drug-likeness (QED) is 0.845. The molecule has 3 nitrogen and oxygen atoms in total. The number of phenols is 1. The molecule has 0 radical (unpaired) electrons. The Morgan fingerprint density at radius 1 is 1.29 bits per heavy atom. The Hall–Kier alpha value is -1.09. The zero-order chi connectivity index (χ0) is 10.7. The van der Waals surface area contributed by atoms with E-state index in [-0.39, 0.29) is 16.9 Å². The van der Waals surface area contributed by atoms with Crippen LogP contribution in [0.15, 0.2) is 12.1 Å². The Labute approximate surface area is 88.2 Å². The second-order valence-electron chi connectivity index (χ2n) is 3.12. The Kier molecular flexibility index (Phi) is 3.47. The standard InChI is InChI=1S/C10H13ClO3/c1-6(2)14-10-5-8(12)7(11)4-9(10)13-3/h4-6,12H,1-3H3. The topological polar surface area (TPSA) is 38.7 Å². The molecule has 0 unspecified atom stereocenters. The van der Waals surface area contributed by atoms with Crippen LogP contribution in [0.4, 0.5) is 0 Å². The van der Waals surface area contributed by atoms with Gasteiger partial charge in [0.25, 0.3) is 0 Å². The molecule has 0 aromatic heterocycles. The zero-order valence-electron chi connectivity index (χ0n) is 8.37. The summed E-state index contributed by atoms with van der Waals surface area (Å²) in [6, 6.07) is 2.97. The molecule has 0 aliphatic rings. The number of hydrogen-bond acceptors (Lipinski definition) is 3. The maximum Gasteiger partial charge on any atom is 0.165 e. The Balaban J connectivity index is 3.07. The summed E-state index contributed by atoms with van der Waals surface area (Å²) in [6.45, 7) is 3.79. The number of aromatic hydroxyl groups is 1. The van der Waals surface area contributed by atoms with Crippen molar-refractivity contribution < 1.29 is 14.6 Å². The van der Waals surface area contributed by atoms with Gasteiger partial charge < -0.3 is 14.6 Å². The molecule has 0 aliphatic heterocycles. The van der Waals surface area contributed by atoms with Crippen molar-refractivity contribution in [3.05, 3.63) is 17.2 Å². The van der Waals surface area contributed by atoms with Crippen LogP contribution >= 0.6 is 11.6 Å². The molecule has 1 aromatic rings. The van der Waals surface area contributed by atoms with E-state index in [4.69, 9.17) is 21.1 Å². The van der Waals surface area contributed by atoms with Gasteiger partial charge in [-0.2, -0.15) is 0 Å². The summed E-state index contributed by atoms with van der Waals surface area (Å²) in [6.07, 6.45) is 0.0180. The number of halogens is 1. The van der Waals surface area contributed by atoms with E-state index in [2.05, 4.69) is 0 Å². The molecule has 0 aliphatic carbocycles. The average Bonchev–Trinajstić information content (AvgIpc) is 2.10. The summed E-state index contributed by atoms with van der Waals surface area (Å²) in [5.74, 6) is 0.994. The molecule has 0 fully saturated rings. The molecule has 0 saturated heterocycles. The fourth-order valence-electron chi connectivity index (χ4n) is 1.03. The Morgan fingerprint density at radius 3 is 2.43 bits per heavy atom. The highest BCUT2D eigenvalue weighted by Crippen LogP contribution is 2.37. The van der Waals surface area contributed by atoms with Crippen LogP contribution in [-0.2, 0) is 0 Å². The molecule has 0 saturated carbocycles. The highest BCUT2D eigenvalue weighted by atomic mass is 35.5. The van der Waals surface area contributed by atoms with Gasteiger partial charge in [-0.25, -0.2) is 0 Å². The second kappa shape index (κ2) is 4.42. The third-order valence-corrected chi connectivity index (χ3v) is 1.90. The van der Waals surface area contributed by atoms with E-state index in [1.54, 1.807) is 0 Å². The third-order valence-electron chi connectivity index (χ3n) is 1.60. The number of rotatable bonds is 3. The summed E-state index contributed by atoms with van der Waals surface area (Å²) < 4.78 is 10.5. The monoisotopic (exact) mass is 216 g/mol. The largest absolute Gasteiger partial charge is 0.506 e. The van der Waals surface area contributed by atoms with E-state index in [9.17, 15) is 5.11 Å². The molecule has 1 rings (SSSR count). The van der Waals surface area contributed by atoms with Crippen molar-refractivity contribution in [2.75, 3.05) is 7.11 Å². The molecule has 1 N–H and O–H groups in total. The zero-order valence-corrected chi connectivity index (χ0v) is 9.13. The maximum absolute atomic E-state index is 9.37. The van der Waals surface area contributed by atoms with Gasteiger partial charge in [-0.3, -0.25) is 0 Å². The first kappa shape index (κ1) is 11.0. The molecule has 14 heavy (non-hydrogen) atoms. The van der Waals surface area contributed by atoms with E-state index >= 15 is 0 Å². The molecular formula is C10H13ClO3. The summed E-state index contributed by atoms with van der Waals surface area (Å²) in [4.78, 5) is 0. The first-order chi connectivity index (χ1) is 6.54. The van der Waals surface area contributed by atoms with Crippen LogP contribution in [0.5, 0.6) is 17.2 Å². The van der Waals surface area contributed by atoms with Gasteiger partial charge in [-0.05, 0) is 13.8 Å². The first-order valence-corrected chi connectivity index (χ1v) is 4.65. The smallest absolute Gasteiger partial charge is 0.165 e. The van der Waals surface area contributed by atoms with E-state index in [1.165, 1.54) is 19.2 Å². The van der Waals surface area contributed by atoms with Crippen molar-refractivity contribution in [1.82, 2.24) is 0 Å². The van der Waals surface area contributed by atoms with Crippen LogP contribution < -0.4 is 9.47 Å². The molecule has 1 aromatic carbocycles. The lowest BCUT2D eigenvalue weighted by atomic mass is 10.3. The van der Waals surface area contributed by atoms with Gasteiger partial charge in [0.1, 0.15) is 5.75 Å². The van der Waals surface area contributed by atoms with Gasteiger partial charge >= 0.3 is 0 Å². The van der Waals surface area contributed by atoms with Crippen LogP contribution in [0.25, 0.3) is 0 Å². The number of ether oxygens (including phenoxy) is 2. The Morgan fingerprint density at radius 2 is 1.93 bits per heavy atom. The van der Waals surface area contributed by atoms with Crippen LogP contribution in [0.2, 0.25) is 5.02 Å². The van der Waals surface area contributed by atoms with Gasteiger partial charge in [0, 0.05) is 12.1 Å². The fraction of sp³-hybridized carbons (Fsp3) is 0.400. The average molecular weight is 217 g/mol. The van der Waals surface area contributed by atoms with Crippen molar-refractivity contribution in [1.29, 1.82) is 0 Å². The Bertz CT molecular complexity index is 323. The van der Waals surface area contributed by atoms with E-state index in [0.29, 0.717) is 11.5 Å². The summed E-state index contributed by atoms with van der Waals surface area (Å²) >= 11 is 5.72. The first-order valence-electron chi connectivity index (χ1n) is 4.27. The second-order valence-corrected chi connectivity index (χ2v) is 3.53. The molecular weight excluding hydrogens is 204 g/mol. The molecule has 78 valence electrons. The van der Waals surface area contributed by atoms with Gasteiger partial charge in [0.15, 0.2) is 11.5 Å². The number of methoxy groups -OCH3 is 1. The third kappa shape index (κ3) is 2.45. The van der Waals surface area contributed by atoms with E-state index < -0.39 is 0 Å². The van der Waals surface area contributed by atoms with Gasteiger partial charge in [-0.1, -0.05) is 11.6 Å². The molecule has 0 spiro atoms. The van der Waals surface area contributed by atoms with Crippen LogP contribution in [0, 0.1) is 0 Å². The normalized spacial score (nSPS) is 10.4. The molecule has 0 atom stereocenters. The number of phenolic OH excluding ortho intramolecular Hbond substituents is 1. The van der Waals surface area contributed by atoms with Gasteiger partial charge in [-0.15, -0.1) is 0 Å². The van der Waals surface area contributed by atoms with Crippen molar-refractivity contribution in [3.63, 3.8) is 0 Å². The highest BCUT2D eigenvalue weighted by Gasteiger charge is 2.10. The predicted molar refractivity (Wildman–Crippen MR) is 55.4 cm³/mol. The highest BCUT2D eigenvalue weighted by molar-refractivity contribution is 6.32. The van der Waals surface area contributed by atoms with Gasteiger partial charge in [0.2, 0.25) is 0 Å². The maximum atomic E-state index is 9.37. The number of hydrogen-bond donors (Lipinski definition) is 1. The predicted octanol–water partition coefficient (Wildman–Crippen LogP) is 2.84. The van der Waals surface area contributed by atoms with Crippen LogP contribution in [-0.4, -0.2) is 18.3 Å². The lowest BCUT2D eigenvalue weighted by molar-refractivity contribution is 0.229. The summed E-state index contributed by atoms with van der Waals surface area (Å²) in [5.41, 5.74) is 0. The molecule has 0 heterocycles. The van der Waals surface area contributed by atoms with Crippen LogP contribution in [0.3, 0.4) is 0 Å².